The van der Waals surface area contributed by atoms with E-state index in [0.717, 1.165) is 0 Å². The number of rotatable bonds is 13. The Morgan fingerprint density at radius 2 is 1.41 bits per heavy atom. The lowest BCUT2D eigenvalue weighted by Gasteiger charge is -2.08. The number of benzene rings is 1. The summed E-state index contributed by atoms with van der Waals surface area (Å²) in [6.07, 6.45) is 1.70. The molecule has 122 valence electrons. The SMILES string of the molecule is C=CCOCCOCCOCCOc1ccc(B(O)O)cc1. The molecule has 0 atom stereocenters. The Morgan fingerprint density at radius 1 is 0.864 bits per heavy atom. The van der Waals surface area contributed by atoms with E-state index < -0.39 is 7.12 Å². The first-order chi connectivity index (χ1) is 10.7. The summed E-state index contributed by atoms with van der Waals surface area (Å²) in [5, 5.41) is 17.9. The van der Waals surface area contributed by atoms with Gasteiger partial charge in [-0.3, -0.25) is 0 Å². The first kappa shape index (κ1) is 18.7. The molecule has 22 heavy (non-hydrogen) atoms. The first-order valence-electron chi connectivity index (χ1n) is 7.17. The molecule has 0 fully saturated rings. The molecule has 0 radical (unpaired) electrons. The fourth-order valence-electron chi connectivity index (χ4n) is 1.56. The van der Waals surface area contributed by atoms with Crippen LogP contribution in [0.3, 0.4) is 0 Å². The summed E-state index contributed by atoms with van der Waals surface area (Å²) >= 11 is 0. The molecule has 0 unspecified atom stereocenters. The molecule has 0 saturated carbocycles. The molecule has 7 heteroatoms. The summed E-state index contributed by atoms with van der Waals surface area (Å²) in [5.41, 5.74) is 0.429. The average molecular weight is 310 g/mol. The van der Waals surface area contributed by atoms with Crippen LogP contribution in [0, 0.1) is 0 Å². The van der Waals surface area contributed by atoms with Gasteiger partial charge in [-0.2, -0.15) is 0 Å². The van der Waals surface area contributed by atoms with E-state index in [1.165, 1.54) is 0 Å². The van der Waals surface area contributed by atoms with E-state index in [4.69, 9.17) is 29.0 Å². The topological polar surface area (TPSA) is 77.4 Å². The van der Waals surface area contributed by atoms with Crippen LogP contribution in [0.2, 0.25) is 0 Å². The Balaban J connectivity index is 1.94. The summed E-state index contributed by atoms with van der Waals surface area (Å²) in [7, 11) is -1.46. The van der Waals surface area contributed by atoms with Crippen molar-refractivity contribution in [1.29, 1.82) is 0 Å². The van der Waals surface area contributed by atoms with Gasteiger partial charge in [-0.25, -0.2) is 0 Å². The molecule has 0 spiro atoms. The van der Waals surface area contributed by atoms with Crippen molar-refractivity contribution < 1.29 is 29.0 Å². The van der Waals surface area contributed by atoms with Gasteiger partial charge < -0.3 is 29.0 Å². The van der Waals surface area contributed by atoms with Crippen LogP contribution in [0.25, 0.3) is 0 Å². The van der Waals surface area contributed by atoms with Crippen LogP contribution in [-0.2, 0) is 14.2 Å². The van der Waals surface area contributed by atoms with Gasteiger partial charge in [0.25, 0.3) is 0 Å². The first-order valence-corrected chi connectivity index (χ1v) is 7.17. The third-order valence-electron chi connectivity index (χ3n) is 2.65. The van der Waals surface area contributed by atoms with Gasteiger partial charge in [-0.15, -0.1) is 6.58 Å². The van der Waals surface area contributed by atoms with Gasteiger partial charge in [0, 0.05) is 0 Å². The van der Waals surface area contributed by atoms with Crippen molar-refractivity contribution in [1.82, 2.24) is 0 Å². The number of ether oxygens (including phenoxy) is 4. The zero-order valence-corrected chi connectivity index (χ0v) is 12.6. The summed E-state index contributed by atoms with van der Waals surface area (Å²) < 4.78 is 21.3. The maximum absolute atomic E-state index is 8.96. The Hall–Kier alpha value is -1.38. The highest BCUT2D eigenvalue weighted by Gasteiger charge is 2.09. The second kappa shape index (κ2) is 12.2. The summed E-state index contributed by atoms with van der Waals surface area (Å²) in [6, 6.07) is 6.56. The lowest BCUT2D eigenvalue weighted by atomic mass is 9.80. The third-order valence-corrected chi connectivity index (χ3v) is 2.65. The molecule has 0 aliphatic rings. The quantitative estimate of drug-likeness (QED) is 0.303. The van der Waals surface area contributed by atoms with E-state index in [9.17, 15) is 0 Å². The molecule has 1 aromatic rings. The second-order valence-corrected chi connectivity index (χ2v) is 4.38. The van der Waals surface area contributed by atoms with Gasteiger partial charge in [0.15, 0.2) is 0 Å². The molecule has 0 amide bonds. The highest BCUT2D eigenvalue weighted by molar-refractivity contribution is 6.58. The molecule has 0 bridgehead atoms. The molecule has 1 rings (SSSR count). The van der Waals surface area contributed by atoms with E-state index in [1.54, 1.807) is 30.3 Å². The predicted octanol–water partition coefficient (Wildman–Crippen LogP) is -0.0190. The van der Waals surface area contributed by atoms with E-state index in [2.05, 4.69) is 6.58 Å². The molecular weight excluding hydrogens is 287 g/mol. The molecule has 0 aliphatic carbocycles. The van der Waals surface area contributed by atoms with Gasteiger partial charge >= 0.3 is 7.12 Å². The Labute approximate surface area is 131 Å². The zero-order chi connectivity index (χ0) is 16.0. The van der Waals surface area contributed by atoms with Crippen molar-refractivity contribution in [3.8, 4) is 5.75 Å². The van der Waals surface area contributed by atoms with Crippen molar-refractivity contribution in [3.05, 3.63) is 36.9 Å². The van der Waals surface area contributed by atoms with Crippen LogP contribution in [0.15, 0.2) is 36.9 Å². The Bertz CT molecular complexity index is 396. The number of hydrogen-bond donors (Lipinski definition) is 2. The highest BCUT2D eigenvalue weighted by atomic mass is 16.6. The minimum atomic E-state index is -1.46. The molecule has 1 aromatic carbocycles. The maximum Gasteiger partial charge on any atom is 0.488 e. The van der Waals surface area contributed by atoms with E-state index in [-0.39, 0.29) is 0 Å². The van der Waals surface area contributed by atoms with Crippen molar-refractivity contribution in [2.24, 2.45) is 0 Å². The predicted molar refractivity (Wildman–Crippen MR) is 84.4 cm³/mol. The summed E-state index contributed by atoms with van der Waals surface area (Å²) in [5.74, 6) is 0.656. The Kier molecular flexibility index (Phi) is 10.4. The van der Waals surface area contributed by atoms with Crippen molar-refractivity contribution >= 4 is 12.6 Å². The smallest absolute Gasteiger partial charge is 0.488 e. The normalized spacial score (nSPS) is 10.5. The molecule has 2 N–H and O–H groups in total. The molecule has 0 aliphatic heterocycles. The number of hydrogen-bond acceptors (Lipinski definition) is 6. The second-order valence-electron chi connectivity index (χ2n) is 4.38. The molecule has 0 aromatic heterocycles. The molecular formula is C15H23BO6. The summed E-state index contributed by atoms with van der Waals surface area (Å²) in [6.45, 7) is 7.07. The zero-order valence-electron chi connectivity index (χ0n) is 12.6. The molecule has 6 nitrogen and oxygen atoms in total. The monoisotopic (exact) mass is 310 g/mol. The molecule has 0 saturated heterocycles. The van der Waals surface area contributed by atoms with Gasteiger partial charge in [0.05, 0.1) is 39.6 Å². The van der Waals surface area contributed by atoms with Crippen LogP contribution in [0.5, 0.6) is 5.75 Å². The van der Waals surface area contributed by atoms with Crippen LogP contribution in [0.1, 0.15) is 0 Å². The maximum atomic E-state index is 8.96. The standard InChI is InChI=1S/C15H23BO6/c1-2-7-19-8-9-20-10-11-21-12-13-22-15-5-3-14(4-6-15)16(17)18/h2-6,17-18H,1,7-13H2. The van der Waals surface area contributed by atoms with Crippen molar-refractivity contribution in [2.45, 2.75) is 0 Å². The summed E-state index contributed by atoms with van der Waals surface area (Å²) in [4.78, 5) is 0. The van der Waals surface area contributed by atoms with Gasteiger partial charge in [0.1, 0.15) is 12.4 Å². The minimum Gasteiger partial charge on any atom is -0.491 e. The molecule has 0 heterocycles. The van der Waals surface area contributed by atoms with Crippen molar-refractivity contribution in [3.63, 3.8) is 0 Å². The lowest BCUT2D eigenvalue weighted by molar-refractivity contribution is 0.0135. The van der Waals surface area contributed by atoms with Crippen LogP contribution < -0.4 is 10.2 Å². The fraction of sp³-hybridized carbons (Fsp3) is 0.467. The van der Waals surface area contributed by atoms with E-state index >= 15 is 0 Å². The highest BCUT2D eigenvalue weighted by Crippen LogP contribution is 2.07. The lowest BCUT2D eigenvalue weighted by Crippen LogP contribution is -2.29. The van der Waals surface area contributed by atoms with Crippen molar-refractivity contribution in [2.75, 3.05) is 46.2 Å². The average Bonchev–Trinajstić information content (AvgIpc) is 2.53. The fourth-order valence-corrected chi connectivity index (χ4v) is 1.56. The van der Waals surface area contributed by atoms with Crippen LogP contribution >= 0.6 is 0 Å². The largest absolute Gasteiger partial charge is 0.491 e. The van der Waals surface area contributed by atoms with Gasteiger partial charge in [-0.05, 0) is 17.6 Å². The Morgan fingerprint density at radius 3 is 1.95 bits per heavy atom. The van der Waals surface area contributed by atoms with Gasteiger partial charge in [0.2, 0.25) is 0 Å². The van der Waals surface area contributed by atoms with E-state index in [1.807, 2.05) is 0 Å². The van der Waals surface area contributed by atoms with Crippen LogP contribution in [-0.4, -0.2) is 63.4 Å². The van der Waals surface area contributed by atoms with Gasteiger partial charge in [-0.1, -0.05) is 18.2 Å². The van der Waals surface area contributed by atoms with Crippen LogP contribution in [0.4, 0.5) is 0 Å². The minimum absolute atomic E-state index is 0.420. The van der Waals surface area contributed by atoms with E-state index in [0.29, 0.717) is 57.5 Å². The third kappa shape index (κ3) is 8.81.